The molecule has 0 radical (unpaired) electrons. The summed E-state index contributed by atoms with van der Waals surface area (Å²) in [6.07, 6.45) is 0. The van der Waals surface area contributed by atoms with Crippen molar-refractivity contribution in [3.05, 3.63) is 131 Å². The number of rotatable bonds is 2. The van der Waals surface area contributed by atoms with Crippen LogP contribution >= 0.6 is 0 Å². The quantitative estimate of drug-likeness (QED) is 0.240. The predicted octanol–water partition coefficient (Wildman–Crippen LogP) is 9.51. The van der Waals surface area contributed by atoms with E-state index in [4.69, 9.17) is 0 Å². The number of benzene rings is 5. The number of aryl methyl sites for hydroxylation is 2. The molecule has 2 nitrogen and oxygen atoms in total. The van der Waals surface area contributed by atoms with Gasteiger partial charge in [0.15, 0.2) is 0 Å². The Bertz CT molecular complexity index is 1730. The van der Waals surface area contributed by atoms with Crippen LogP contribution in [0.4, 0.5) is 17.1 Å². The smallest absolute Gasteiger partial charge is 0.0541 e. The van der Waals surface area contributed by atoms with Crippen LogP contribution in [0.15, 0.2) is 109 Å². The van der Waals surface area contributed by atoms with E-state index in [1.54, 1.807) is 0 Å². The Labute approximate surface area is 218 Å². The monoisotopic (exact) mass is 478 g/mol. The summed E-state index contributed by atoms with van der Waals surface area (Å²) in [6.45, 7) is 9.01. The van der Waals surface area contributed by atoms with Gasteiger partial charge in [0.05, 0.1) is 22.4 Å². The number of hydrogen-bond donors (Lipinski definition) is 0. The van der Waals surface area contributed by atoms with Gasteiger partial charge in [0.1, 0.15) is 0 Å². The third kappa shape index (κ3) is 3.18. The molecule has 5 aromatic carbocycles. The van der Waals surface area contributed by atoms with Crippen LogP contribution in [-0.2, 0) is 5.41 Å². The fourth-order valence-corrected chi connectivity index (χ4v) is 6.25. The van der Waals surface area contributed by atoms with E-state index in [-0.39, 0.29) is 5.41 Å². The van der Waals surface area contributed by atoms with Gasteiger partial charge in [-0.05, 0) is 79.6 Å². The number of hydrogen-bond acceptors (Lipinski definition) is 1. The van der Waals surface area contributed by atoms with Crippen LogP contribution in [0.5, 0.6) is 0 Å². The van der Waals surface area contributed by atoms with E-state index in [0.29, 0.717) is 0 Å². The number of para-hydroxylation sites is 2. The number of nitrogens with zero attached hydrogens (tertiary/aromatic N) is 2. The first-order valence-corrected chi connectivity index (χ1v) is 13.0. The van der Waals surface area contributed by atoms with Gasteiger partial charge in [-0.15, -0.1) is 0 Å². The Kier molecular flexibility index (Phi) is 4.65. The first-order valence-electron chi connectivity index (χ1n) is 13.0. The van der Waals surface area contributed by atoms with Crippen LogP contribution < -0.4 is 4.90 Å². The highest BCUT2D eigenvalue weighted by molar-refractivity contribution is 6.09. The molecule has 0 N–H and O–H groups in total. The van der Waals surface area contributed by atoms with Gasteiger partial charge in [-0.2, -0.15) is 0 Å². The van der Waals surface area contributed by atoms with Gasteiger partial charge >= 0.3 is 0 Å². The molecule has 37 heavy (non-hydrogen) atoms. The van der Waals surface area contributed by atoms with E-state index in [1.165, 1.54) is 66.8 Å². The number of anilines is 3. The summed E-state index contributed by atoms with van der Waals surface area (Å²) in [6, 6.07) is 40.3. The van der Waals surface area contributed by atoms with Crippen LogP contribution in [0.1, 0.15) is 36.1 Å². The molecular weight excluding hydrogens is 448 g/mol. The summed E-state index contributed by atoms with van der Waals surface area (Å²) in [5.74, 6) is 0. The molecule has 1 aliphatic heterocycles. The van der Waals surface area contributed by atoms with Crippen molar-refractivity contribution in [2.75, 3.05) is 4.90 Å². The molecule has 180 valence electrons. The summed E-state index contributed by atoms with van der Waals surface area (Å²) >= 11 is 0. The molecule has 2 heteroatoms. The minimum Gasteiger partial charge on any atom is -0.310 e. The van der Waals surface area contributed by atoms with Gasteiger partial charge in [-0.3, -0.25) is 0 Å². The average Bonchev–Trinajstić information content (AvgIpc) is 3.22. The minimum absolute atomic E-state index is 0.0656. The van der Waals surface area contributed by atoms with Crippen molar-refractivity contribution in [1.82, 2.24) is 4.57 Å². The SMILES string of the molecule is Cc1ccc2c(c1)c1cc(C)ccc1n2-c1cccc(N2c3ccccc3C(C)(C)c3ccccc32)c1. The zero-order chi connectivity index (χ0) is 25.3. The summed E-state index contributed by atoms with van der Waals surface area (Å²) in [5, 5.41) is 2.61. The highest BCUT2D eigenvalue weighted by Gasteiger charge is 2.36. The van der Waals surface area contributed by atoms with E-state index in [0.717, 1.165) is 0 Å². The van der Waals surface area contributed by atoms with E-state index in [9.17, 15) is 0 Å². The van der Waals surface area contributed by atoms with E-state index < -0.39 is 0 Å². The van der Waals surface area contributed by atoms with Crippen molar-refractivity contribution in [2.24, 2.45) is 0 Å². The maximum Gasteiger partial charge on any atom is 0.0541 e. The Morgan fingerprint density at radius 2 is 1.03 bits per heavy atom. The Balaban J connectivity index is 1.49. The molecule has 0 spiro atoms. The van der Waals surface area contributed by atoms with Gasteiger partial charge in [0, 0.05) is 27.6 Å². The highest BCUT2D eigenvalue weighted by atomic mass is 15.2. The summed E-state index contributed by atoms with van der Waals surface area (Å²) in [4.78, 5) is 2.43. The van der Waals surface area contributed by atoms with Crippen LogP contribution in [0.2, 0.25) is 0 Å². The molecule has 0 atom stereocenters. The van der Waals surface area contributed by atoms with Crippen molar-refractivity contribution in [2.45, 2.75) is 33.1 Å². The topological polar surface area (TPSA) is 8.17 Å². The maximum absolute atomic E-state index is 2.43. The zero-order valence-corrected chi connectivity index (χ0v) is 21.8. The molecule has 2 heterocycles. The van der Waals surface area contributed by atoms with Crippen LogP contribution in [0.3, 0.4) is 0 Å². The molecule has 1 aliphatic rings. The minimum atomic E-state index is -0.0656. The third-order valence-corrected chi connectivity index (χ3v) is 8.06. The number of aromatic nitrogens is 1. The first-order chi connectivity index (χ1) is 17.9. The normalized spacial score (nSPS) is 14.1. The molecule has 7 rings (SSSR count). The highest BCUT2D eigenvalue weighted by Crippen LogP contribution is 2.51. The van der Waals surface area contributed by atoms with Gasteiger partial charge in [-0.1, -0.05) is 79.6 Å². The fourth-order valence-electron chi connectivity index (χ4n) is 6.25. The first kappa shape index (κ1) is 21.9. The Hall–Kier alpha value is -4.30. The lowest BCUT2D eigenvalue weighted by atomic mass is 9.73. The molecular formula is C35H30N2. The van der Waals surface area contributed by atoms with Gasteiger partial charge < -0.3 is 9.47 Å². The lowest BCUT2D eigenvalue weighted by Crippen LogP contribution is -2.30. The molecule has 0 aliphatic carbocycles. The van der Waals surface area contributed by atoms with Crippen molar-refractivity contribution in [3.63, 3.8) is 0 Å². The summed E-state index contributed by atoms with van der Waals surface area (Å²) in [7, 11) is 0. The molecule has 0 amide bonds. The van der Waals surface area contributed by atoms with Crippen LogP contribution in [-0.4, -0.2) is 4.57 Å². The van der Waals surface area contributed by atoms with Crippen LogP contribution in [0.25, 0.3) is 27.5 Å². The van der Waals surface area contributed by atoms with E-state index in [2.05, 4.69) is 146 Å². The Morgan fingerprint density at radius 1 is 0.514 bits per heavy atom. The average molecular weight is 479 g/mol. The molecule has 6 aromatic rings. The standard InChI is InChI=1S/C35H30N2/c1-23-16-18-31-27(20-23)28-21-24(2)17-19-32(28)36(31)25-10-9-11-26(22-25)37-33-14-7-5-12-29(33)35(3,4)30-13-6-8-15-34(30)37/h5-22H,1-4H3. The van der Waals surface area contributed by atoms with Crippen molar-refractivity contribution in [3.8, 4) is 5.69 Å². The van der Waals surface area contributed by atoms with Crippen molar-refractivity contribution >= 4 is 38.9 Å². The molecule has 0 unspecified atom stereocenters. The molecule has 0 bridgehead atoms. The summed E-state index contributed by atoms with van der Waals surface area (Å²) < 4.78 is 2.42. The maximum atomic E-state index is 2.43. The largest absolute Gasteiger partial charge is 0.310 e. The van der Waals surface area contributed by atoms with E-state index >= 15 is 0 Å². The molecule has 0 saturated heterocycles. The van der Waals surface area contributed by atoms with Gasteiger partial charge in [-0.25, -0.2) is 0 Å². The lowest BCUT2D eigenvalue weighted by Gasteiger charge is -2.42. The Morgan fingerprint density at radius 3 is 1.59 bits per heavy atom. The molecule has 0 fully saturated rings. The summed E-state index contributed by atoms with van der Waals surface area (Å²) in [5.41, 5.74) is 12.5. The fraction of sp³-hybridized carbons (Fsp3) is 0.143. The number of fused-ring (bicyclic) bond motifs is 5. The van der Waals surface area contributed by atoms with Gasteiger partial charge in [0.2, 0.25) is 0 Å². The van der Waals surface area contributed by atoms with Gasteiger partial charge in [0.25, 0.3) is 0 Å². The third-order valence-electron chi connectivity index (χ3n) is 8.06. The second kappa shape index (κ2) is 7.85. The predicted molar refractivity (Wildman–Crippen MR) is 157 cm³/mol. The molecule has 0 saturated carbocycles. The zero-order valence-electron chi connectivity index (χ0n) is 21.8. The van der Waals surface area contributed by atoms with E-state index in [1.807, 2.05) is 0 Å². The van der Waals surface area contributed by atoms with Crippen molar-refractivity contribution in [1.29, 1.82) is 0 Å². The second-order valence-electron chi connectivity index (χ2n) is 10.9. The second-order valence-corrected chi connectivity index (χ2v) is 10.9. The van der Waals surface area contributed by atoms with Crippen molar-refractivity contribution < 1.29 is 0 Å². The van der Waals surface area contributed by atoms with Crippen LogP contribution in [0, 0.1) is 13.8 Å². The lowest BCUT2D eigenvalue weighted by molar-refractivity contribution is 0.632. The molecule has 1 aromatic heterocycles.